The van der Waals surface area contributed by atoms with Gasteiger partial charge in [-0.1, -0.05) is 0 Å². The summed E-state index contributed by atoms with van der Waals surface area (Å²) in [5, 5.41) is 3.14. The number of aromatic nitrogens is 1. The molecule has 0 bridgehead atoms. The minimum absolute atomic E-state index is 0.0618. The molecule has 0 aliphatic carbocycles. The monoisotopic (exact) mass is 237 g/mol. The summed E-state index contributed by atoms with van der Waals surface area (Å²) in [7, 11) is 0. The number of nitrogens with one attached hydrogen (secondary N) is 1. The highest BCUT2D eigenvalue weighted by atomic mass is 19.1. The van der Waals surface area contributed by atoms with E-state index in [-0.39, 0.29) is 17.8 Å². The van der Waals surface area contributed by atoms with Gasteiger partial charge >= 0.3 is 0 Å². The molecule has 1 amide bonds. The van der Waals surface area contributed by atoms with E-state index in [9.17, 15) is 9.18 Å². The maximum atomic E-state index is 13.0. The molecule has 0 radical (unpaired) electrons. The van der Waals surface area contributed by atoms with E-state index in [1.807, 2.05) is 6.92 Å². The van der Waals surface area contributed by atoms with Crippen LogP contribution in [0.5, 0.6) is 0 Å². The highest BCUT2D eigenvalue weighted by Gasteiger charge is 2.22. The first-order valence-electron chi connectivity index (χ1n) is 5.78. The van der Waals surface area contributed by atoms with Gasteiger partial charge in [-0.25, -0.2) is 4.39 Å². The second kappa shape index (κ2) is 5.23. The Morgan fingerprint density at radius 1 is 1.59 bits per heavy atom. The number of amides is 1. The van der Waals surface area contributed by atoms with Crippen LogP contribution in [0.2, 0.25) is 0 Å². The van der Waals surface area contributed by atoms with Crippen molar-refractivity contribution in [3.05, 3.63) is 29.8 Å². The summed E-state index contributed by atoms with van der Waals surface area (Å²) in [6, 6.07) is 1.25. The fourth-order valence-corrected chi connectivity index (χ4v) is 1.98. The fourth-order valence-electron chi connectivity index (χ4n) is 1.98. The Morgan fingerprint density at radius 2 is 2.41 bits per heavy atom. The molecule has 2 rings (SSSR count). The molecule has 1 N–H and O–H groups in total. The van der Waals surface area contributed by atoms with Crippen molar-refractivity contribution in [2.75, 3.05) is 13.1 Å². The Morgan fingerprint density at radius 3 is 3.18 bits per heavy atom. The van der Waals surface area contributed by atoms with Crippen LogP contribution in [0.15, 0.2) is 18.5 Å². The normalized spacial score (nSPS) is 21.4. The van der Waals surface area contributed by atoms with Gasteiger partial charge in [-0.2, -0.15) is 0 Å². The molecule has 2 heterocycles. The van der Waals surface area contributed by atoms with E-state index in [0.29, 0.717) is 13.1 Å². The number of nitrogens with zero attached hydrogens (tertiary/aromatic N) is 2. The summed E-state index contributed by atoms with van der Waals surface area (Å²) in [5.41, 5.74) is 0.729. The third-order valence-electron chi connectivity index (χ3n) is 2.87. The van der Waals surface area contributed by atoms with Crippen LogP contribution in [0.1, 0.15) is 18.9 Å². The molecule has 1 aliphatic heterocycles. The lowest BCUT2D eigenvalue weighted by Gasteiger charge is -2.22. The lowest BCUT2D eigenvalue weighted by molar-refractivity contribution is -0.132. The molecule has 4 nitrogen and oxygen atoms in total. The lowest BCUT2D eigenvalue weighted by atomic mass is 10.2. The maximum Gasteiger partial charge on any atom is 0.239 e. The van der Waals surface area contributed by atoms with Gasteiger partial charge in [0.1, 0.15) is 5.82 Å². The summed E-state index contributed by atoms with van der Waals surface area (Å²) in [5.74, 6) is -0.303. The zero-order valence-corrected chi connectivity index (χ0v) is 9.82. The van der Waals surface area contributed by atoms with Gasteiger partial charge in [0.2, 0.25) is 5.91 Å². The average molecular weight is 237 g/mol. The number of halogens is 1. The number of carbonyl (C=O) groups excluding carboxylic acids is 1. The average Bonchev–Trinajstić information content (AvgIpc) is 2.45. The van der Waals surface area contributed by atoms with Gasteiger partial charge < -0.3 is 10.2 Å². The standard InChI is InChI=1S/C12H16FN3O/c1-9-12(17)16(4-2-3-15-9)8-10-5-11(13)7-14-6-10/h5-7,9,15H,2-4,8H2,1H3. The molecule has 92 valence electrons. The molecule has 5 heteroatoms. The number of hydrogen-bond acceptors (Lipinski definition) is 3. The van der Waals surface area contributed by atoms with Crippen LogP contribution < -0.4 is 5.32 Å². The summed E-state index contributed by atoms with van der Waals surface area (Å²) < 4.78 is 13.0. The molecule has 1 aromatic rings. The number of rotatable bonds is 2. The van der Waals surface area contributed by atoms with Crippen LogP contribution in [0.4, 0.5) is 4.39 Å². The maximum absolute atomic E-state index is 13.0. The van der Waals surface area contributed by atoms with Gasteiger partial charge in [0, 0.05) is 19.3 Å². The zero-order valence-electron chi connectivity index (χ0n) is 9.82. The van der Waals surface area contributed by atoms with Gasteiger partial charge in [0.05, 0.1) is 12.2 Å². The highest BCUT2D eigenvalue weighted by Crippen LogP contribution is 2.09. The molecule has 1 aromatic heterocycles. The second-order valence-electron chi connectivity index (χ2n) is 4.30. The van der Waals surface area contributed by atoms with Crippen LogP contribution in [0.25, 0.3) is 0 Å². The van der Waals surface area contributed by atoms with Gasteiger partial charge in [0.15, 0.2) is 0 Å². The molecule has 1 saturated heterocycles. The van der Waals surface area contributed by atoms with Crippen LogP contribution in [0, 0.1) is 5.82 Å². The molecule has 0 spiro atoms. The Bertz CT molecular complexity index is 410. The third-order valence-corrected chi connectivity index (χ3v) is 2.87. The third kappa shape index (κ3) is 3.00. The van der Waals surface area contributed by atoms with Crippen molar-refractivity contribution in [1.29, 1.82) is 0 Å². The fraction of sp³-hybridized carbons (Fsp3) is 0.500. The molecule has 1 atom stereocenters. The topological polar surface area (TPSA) is 45.2 Å². The van der Waals surface area contributed by atoms with E-state index in [1.54, 1.807) is 11.1 Å². The van der Waals surface area contributed by atoms with Gasteiger partial charge in [-0.05, 0) is 31.5 Å². The number of hydrogen-bond donors (Lipinski definition) is 1. The van der Waals surface area contributed by atoms with Crippen LogP contribution in [-0.4, -0.2) is 34.9 Å². The van der Waals surface area contributed by atoms with Gasteiger partial charge in [-0.15, -0.1) is 0 Å². The minimum atomic E-state index is -0.365. The first-order valence-corrected chi connectivity index (χ1v) is 5.78. The molecule has 1 unspecified atom stereocenters. The largest absolute Gasteiger partial charge is 0.337 e. The molecule has 0 aromatic carbocycles. The number of pyridine rings is 1. The SMILES string of the molecule is CC1NCCCN(Cc2cncc(F)c2)C1=O. The van der Waals surface area contributed by atoms with E-state index < -0.39 is 0 Å². The Kier molecular flexibility index (Phi) is 3.68. The molecule has 17 heavy (non-hydrogen) atoms. The predicted octanol–water partition coefficient (Wildman–Crippen LogP) is 0.931. The van der Waals surface area contributed by atoms with Gasteiger partial charge in [-0.3, -0.25) is 9.78 Å². The smallest absolute Gasteiger partial charge is 0.239 e. The zero-order chi connectivity index (χ0) is 12.3. The van der Waals surface area contributed by atoms with Crippen molar-refractivity contribution >= 4 is 5.91 Å². The quantitative estimate of drug-likeness (QED) is 0.832. The molecular formula is C12H16FN3O. The summed E-state index contributed by atoms with van der Waals surface area (Å²) in [4.78, 5) is 17.5. The van der Waals surface area contributed by atoms with E-state index in [2.05, 4.69) is 10.3 Å². The first-order chi connectivity index (χ1) is 8.16. The molecule has 1 fully saturated rings. The van der Waals surface area contributed by atoms with Crippen molar-refractivity contribution in [2.24, 2.45) is 0 Å². The summed E-state index contributed by atoms with van der Waals surface area (Å²) in [6.45, 7) is 3.82. The predicted molar refractivity (Wildman–Crippen MR) is 61.7 cm³/mol. The van der Waals surface area contributed by atoms with Crippen LogP contribution in [0.3, 0.4) is 0 Å². The van der Waals surface area contributed by atoms with Crippen molar-refractivity contribution in [3.63, 3.8) is 0 Å². The van der Waals surface area contributed by atoms with Crippen molar-refractivity contribution in [3.8, 4) is 0 Å². The Hall–Kier alpha value is -1.49. The molecule has 1 aliphatic rings. The Balaban J connectivity index is 2.08. The van der Waals surface area contributed by atoms with Crippen molar-refractivity contribution in [2.45, 2.75) is 25.9 Å². The van der Waals surface area contributed by atoms with E-state index in [1.165, 1.54) is 6.07 Å². The number of carbonyl (C=O) groups is 1. The van der Waals surface area contributed by atoms with E-state index >= 15 is 0 Å². The second-order valence-corrected chi connectivity index (χ2v) is 4.30. The summed E-state index contributed by atoms with van der Waals surface area (Å²) in [6.07, 6.45) is 3.68. The van der Waals surface area contributed by atoms with Crippen molar-refractivity contribution in [1.82, 2.24) is 15.2 Å². The molecular weight excluding hydrogens is 221 g/mol. The molecule has 0 saturated carbocycles. The van der Waals surface area contributed by atoms with Gasteiger partial charge in [0.25, 0.3) is 0 Å². The van der Waals surface area contributed by atoms with E-state index in [4.69, 9.17) is 0 Å². The minimum Gasteiger partial charge on any atom is -0.337 e. The summed E-state index contributed by atoms with van der Waals surface area (Å²) >= 11 is 0. The highest BCUT2D eigenvalue weighted by molar-refractivity contribution is 5.81. The first kappa shape index (κ1) is 12.0. The Labute approximate surface area is 99.8 Å². The van der Waals surface area contributed by atoms with E-state index in [0.717, 1.165) is 24.7 Å². The van der Waals surface area contributed by atoms with Crippen LogP contribution in [-0.2, 0) is 11.3 Å². The van der Waals surface area contributed by atoms with Crippen molar-refractivity contribution < 1.29 is 9.18 Å². The van der Waals surface area contributed by atoms with Crippen LogP contribution >= 0.6 is 0 Å². The lowest BCUT2D eigenvalue weighted by Crippen LogP contribution is -2.41.